The summed E-state index contributed by atoms with van der Waals surface area (Å²) in [7, 11) is 0. The Labute approximate surface area is 183 Å². The third kappa shape index (κ3) is 6.70. The number of tetrazole rings is 1. The molecule has 1 atom stereocenters. The van der Waals surface area contributed by atoms with Gasteiger partial charge in [0, 0.05) is 16.6 Å². The Morgan fingerprint density at radius 3 is 2.67 bits per heavy atom. The maximum absolute atomic E-state index is 11.9. The van der Waals surface area contributed by atoms with Gasteiger partial charge in [-0.3, -0.25) is 4.79 Å². The van der Waals surface area contributed by atoms with Crippen molar-refractivity contribution in [3.8, 4) is 0 Å². The number of nitrogens with one attached hydrogen (secondary N) is 2. The average molecular weight is 434 g/mol. The minimum atomic E-state index is -0.510. The first-order valence-electron chi connectivity index (χ1n) is 10.5. The van der Waals surface area contributed by atoms with Crippen LogP contribution in [0.5, 0.6) is 0 Å². The fourth-order valence-corrected chi connectivity index (χ4v) is 4.54. The van der Waals surface area contributed by atoms with Gasteiger partial charge in [-0.2, -0.15) is 0 Å². The molecule has 0 saturated carbocycles. The van der Waals surface area contributed by atoms with E-state index < -0.39 is 11.1 Å². The number of nitrogens with zero attached hydrogens (tertiary/aromatic N) is 5. The summed E-state index contributed by atoms with van der Waals surface area (Å²) in [5.74, 6) is 0.582. The molecule has 30 heavy (non-hydrogen) atoms. The zero-order valence-corrected chi connectivity index (χ0v) is 19.8. The summed E-state index contributed by atoms with van der Waals surface area (Å²) in [6.07, 6.45) is 4.98. The van der Waals surface area contributed by atoms with Crippen molar-refractivity contribution in [2.24, 2.45) is 0 Å². The third-order valence-corrected chi connectivity index (χ3v) is 5.94. The van der Waals surface area contributed by atoms with Crippen molar-refractivity contribution < 1.29 is 4.79 Å². The number of unbranched alkanes of at least 4 members (excludes halogenated alkanes) is 1. The van der Waals surface area contributed by atoms with Crippen molar-refractivity contribution in [2.45, 2.75) is 84.3 Å². The molecular formula is C21H35N7OS. The lowest BCUT2D eigenvalue weighted by atomic mass is 9.84. The van der Waals surface area contributed by atoms with Crippen LogP contribution in [0.4, 0.5) is 0 Å². The van der Waals surface area contributed by atoms with Crippen molar-refractivity contribution >= 4 is 17.2 Å². The molecule has 166 valence electrons. The summed E-state index contributed by atoms with van der Waals surface area (Å²) in [6, 6.07) is 0.134. The van der Waals surface area contributed by atoms with Gasteiger partial charge in [0.25, 0.3) is 0 Å². The van der Waals surface area contributed by atoms with Crippen molar-refractivity contribution in [3.05, 3.63) is 34.6 Å². The molecular weight excluding hydrogens is 398 g/mol. The highest BCUT2D eigenvalue weighted by atomic mass is 32.1. The van der Waals surface area contributed by atoms with Crippen molar-refractivity contribution in [1.29, 1.82) is 0 Å². The van der Waals surface area contributed by atoms with Gasteiger partial charge in [-0.15, -0.1) is 16.4 Å². The molecule has 1 amide bonds. The Kier molecular flexibility index (Phi) is 8.25. The van der Waals surface area contributed by atoms with Gasteiger partial charge >= 0.3 is 0 Å². The molecule has 1 unspecified atom stereocenters. The van der Waals surface area contributed by atoms with E-state index in [1.807, 2.05) is 25.5 Å². The van der Waals surface area contributed by atoms with Gasteiger partial charge in [0.05, 0.1) is 16.6 Å². The lowest BCUT2D eigenvalue weighted by Crippen LogP contribution is -2.53. The van der Waals surface area contributed by atoms with Crippen LogP contribution in [0.1, 0.15) is 76.4 Å². The molecule has 2 rings (SSSR count). The highest BCUT2D eigenvalue weighted by Gasteiger charge is 2.38. The largest absolute Gasteiger partial charge is 0.348 e. The summed E-state index contributed by atoms with van der Waals surface area (Å²) in [6.45, 7) is 16.6. The zero-order chi connectivity index (χ0) is 22.4. The van der Waals surface area contributed by atoms with Gasteiger partial charge < -0.3 is 10.6 Å². The molecule has 9 heteroatoms. The van der Waals surface area contributed by atoms with Crippen LogP contribution in [0.2, 0.25) is 0 Å². The summed E-state index contributed by atoms with van der Waals surface area (Å²) in [5.41, 5.74) is 0.105. The Bertz CT molecular complexity index is 842. The van der Waals surface area contributed by atoms with Crippen LogP contribution >= 0.6 is 11.3 Å². The Morgan fingerprint density at radius 1 is 1.33 bits per heavy atom. The Balaban J connectivity index is 2.09. The first kappa shape index (κ1) is 24.1. The fourth-order valence-electron chi connectivity index (χ4n) is 3.72. The van der Waals surface area contributed by atoms with Gasteiger partial charge in [-0.25, -0.2) is 9.67 Å². The van der Waals surface area contributed by atoms with E-state index in [4.69, 9.17) is 0 Å². The smallest absolute Gasteiger partial charge is 0.243 e. The van der Waals surface area contributed by atoms with Crippen LogP contribution in [0.3, 0.4) is 0 Å². The third-order valence-electron chi connectivity index (χ3n) is 4.92. The minimum absolute atomic E-state index is 0.134. The van der Waals surface area contributed by atoms with Crippen LogP contribution < -0.4 is 10.6 Å². The van der Waals surface area contributed by atoms with Crippen LogP contribution in [-0.2, 0) is 16.8 Å². The number of thiazole rings is 1. The SMILES string of the molecule is C=CC(=O)NC(C)(C)CC(C)(NCCCCc1nc(C)cs1)c1nnnn1C(C)C. The van der Waals surface area contributed by atoms with Gasteiger partial charge in [-0.1, -0.05) is 6.58 Å². The number of hydrogen-bond donors (Lipinski definition) is 2. The standard InChI is InChI=1S/C21H35N7OS/c1-8-17(29)24-20(5,6)14-21(7,19-25-26-27-28(19)15(2)3)22-12-10-9-11-18-23-16(4)13-30-18/h8,13,15,22H,1,9-12,14H2,2-7H3,(H,24,29). The van der Waals surface area contributed by atoms with Gasteiger partial charge in [0.1, 0.15) is 0 Å². The van der Waals surface area contributed by atoms with Crippen LogP contribution in [-0.4, -0.2) is 43.2 Å². The van der Waals surface area contributed by atoms with E-state index in [-0.39, 0.29) is 11.9 Å². The number of carbonyl (C=O) groups excluding carboxylic acids is 1. The topological polar surface area (TPSA) is 97.6 Å². The van der Waals surface area contributed by atoms with E-state index in [0.717, 1.165) is 37.3 Å². The van der Waals surface area contributed by atoms with Crippen molar-refractivity contribution in [3.63, 3.8) is 0 Å². The highest BCUT2D eigenvalue weighted by Crippen LogP contribution is 2.30. The predicted octanol–water partition coefficient (Wildman–Crippen LogP) is 3.32. The molecule has 2 heterocycles. The maximum Gasteiger partial charge on any atom is 0.243 e. The summed E-state index contributed by atoms with van der Waals surface area (Å²) >= 11 is 1.72. The first-order chi connectivity index (χ1) is 14.1. The maximum atomic E-state index is 11.9. The molecule has 0 aliphatic heterocycles. The molecule has 0 fully saturated rings. The molecule has 2 aromatic heterocycles. The number of amides is 1. The number of carbonyl (C=O) groups is 1. The molecule has 0 aliphatic rings. The number of hydrogen-bond acceptors (Lipinski definition) is 7. The van der Waals surface area contributed by atoms with Gasteiger partial charge in [0.15, 0.2) is 5.82 Å². The average Bonchev–Trinajstić information content (AvgIpc) is 3.30. The Hall–Kier alpha value is -2.13. The molecule has 0 bridgehead atoms. The lowest BCUT2D eigenvalue weighted by Gasteiger charge is -2.38. The van der Waals surface area contributed by atoms with Crippen LogP contribution in [0.15, 0.2) is 18.0 Å². The zero-order valence-electron chi connectivity index (χ0n) is 19.0. The normalized spacial score (nSPS) is 14.0. The van der Waals surface area contributed by atoms with E-state index in [1.165, 1.54) is 11.1 Å². The molecule has 2 aromatic rings. The second-order valence-electron chi connectivity index (χ2n) is 8.89. The second-order valence-corrected chi connectivity index (χ2v) is 9.84. The van der Waals surface area contributed by atoms with Gasteiger partial charge in [-0.05, 0) is 90.3 Å². The summed E-state index contributed by atoms with van der Waals surface area (Å²) in [4.78, 5) is 16.4. The fraction of sp³-hybridized carbons (Fsp3) is 0.667. The van der Waals surface area contributed by atoms with E-state index in [9.17, 15) is 4.79 Å². The number of rotatable bonds is 12. The highest BCUT2D eigenvalue weighted by molar-refractivity contribution is 7.09. The molecule has 0 spiro atoms. The van der Waals surface area contributed by atoms with E-state index >= 15 is 0 Å². The summed E-state index contributed by atoms with van der Waals surface area (Å²) in [5, 5.41) is 22.4. The van der Waals surface area contributed by atoms with Crippen molar-refractivity contribution in [1.82, 2.24) is 35.8 Å². The van der Waals surface area contributed by atoms with Crippen LogP contribution in [0.25, 0.3) is 0 Å². The lowest BCUT2D eigenvalue weighted by molar-refractivity contribution is -0.118. The van der Waals surface area contributed by atoms with E-state index in [2.05, 4.69) is 63.9 Å². The van der Waals surface area contributed by atoms with Gasteiger partial charge in [0.2, 0.25) is 5.91 Å². The Morgan fingerprint density at radius 2 is 2.07 bits per heavy atom. The number of aromatic nitrogens is 5. The molecule has 2 N–H and O–H groups in total. The minimum Gasteiger partial charge on any atom is -0.348 e. The number of aryl methyl sites for hydroxylation is 2. The monoisotopic (exact) mass is 433 g/mol. The van der Waals surface area contributed by atoms with E-state index in [0.29, 0.717) is 6.42 Å². The van der Waals surface area contributed by atoms with Crippen LogP contribution in [0, 0.1) is 6.92 Å². The van der Waals surface area contributed by atoms with E-state index in [1.54, 1.807) is 11.3 Å². The molecule has 0 aliphatic carbocycles. The first-order valence-corrected chi connectivity index (χ1v) is 11.3. The molecule has 8 nitrogen and oxygen atoms in total. The molecule has 0 aromatic carbocycles. The second kappa shape index (κ2) is 10.3. The molecule has 0 saturated heterocycles. The summed E-state index contributed by atoms with van der Waals surface area (Å²) < 4.78 is 1.84. The predicted molar refractivity (Wildman–Crippen MR) is 120 cm³/mol. The van der Waals surface area contributed by atoms with Crippen molar-refractivity contribution in [2.75, 3.05) is 6.54 Å². The molecule has 0 radical (unpaired) electrons. The quantitative estimate of drug-likeness (QED) is 0.394.